The summed E-state index contributed by atoms with van der Waals surface area (Å²) in [5, 5.41) is 16.7. The first-order valence-electron chi connectivity index (χ1n) is 16.6. The molecule has 8 heteroatoms. The van der Waals surface area contributed by atoms with Gasteiger partial charge in [-0.05, 0) is 67.6 Å². The predicted octanol–water partition coefficient (Wildman–Crippen LogP) is 5.47. The summed E-state index contributed by atoms with van der Waals surface area (Å²) < 4.78 is 9.86. The number of aliphatic hydroxyl groups is 1. The largest absolute Gasteiger partial charge is 0.466 e. The lowest BCUT2D eigenvalue weighted by Crippen LogP contribution is -2.25. The van der Waals surface area contributed by atoms with Crippen molar-refractivity contribution in [3.05, 3.63) is 143 Å². The maximum absolute atomic E-state index is 12.0. The number of ketones is 1. The second-order valence-corrected chi connectivity index (χ2v) is 11.2. The monoisotopic (exact) mass is 652 g/mol. The molecule has 4 rings (SSSR count). The van der Waals surface area contributed by atoms with Gasteiger partial charge in [-0.25, -0.2) is 0 Å². The Morgan fingerprint density at radius 1 is 0.604 bits per heavy atom. The van der Waals surface area contributed by atoms with Crippen molar-refractivity contribution in [1.82, 2.24) is 10.6 Å². The SMILES string of the molecule is CCOC(=O)Cc1ccc(C(O)CNCCc2ccccc2)cc1.CCOC(=O)Cc1ccc(CCNCC(=O)c2ccccc2)cc1. The van der Waals surface area contributed by atoms with Crippen LogP contribution in [-0.4, -0.2) is 62.2 Å². The van der Waals surface area contributed by atoms with E-state index in [-0.39, 0.29) is 24.1 Å². The van der Waals surface area contributed by atoms with Crippen LogP contribution in [0.15, 0.2) is 109 Å². The molecule has 0 aliphatic carbocycles. The van der Waals surface area contributed by atoms with Crippen LogP contribution in [0.2, 0.25) is 0 Å². The van der Waals surface area contributed by atoms with E-state index < -0.39 is 6.10 Å². The molecule has 0 saturated heterocycles. The Morgan fingerprint density at radius 3 is 1.60 bits per heavy atom. The van der Waals surface area contributed by atoms with E-state index in [2.05, 4.69) is 22.8 Å². The topological polar surface area (TPSA) is 114 Å². The first kappa shape index (κ1) is 37.8. The van der Waals surface area contributed by atoms with Crippen LogP contribution in [0.1, 0.15) is 58.1 Å². The fourth-order valence-electron chi connectivity index (χ4n) is 4.83. The van der Waals surface area contributed by atoms with Crippen LogP contribution in [0.4, 0.5) is 0 Å². The molecule has 0 aliphatic rings. The highest BCUT2D eigenvalue weighted by Gasteiger charge is 2.09. The molecule has 0 fully saturated rings. The number of esters is 2. The Hall–Kier alpha value is -4.63. The third-order valence-electron chi connectivity index (χ3n) is 7.44. The number of carbonyl (C=O) groups is 3. The molecule has 0 amide bonds. The molecule has 1 atom stereocenters. The molecule has 8 nitrogen and oxygen atoms in total. The predicted molar refractivity (Wildman–Crippen MR) is 189 cm³/mol. The first-order chi connectivity index (χ1) is 23.4. The molecule has 254 valence electrons. The summed E-state index contributed by atoms with van der Waals surface area (Å²) in [7, 11) is 0. The second kappa shape index (κ2) is 22.0. The highest BCUT2D eigenvalue weighted by Crippen LogP contribution is 2.14. The summed E-state index contributed by atoms with van der Waals surface area (Å²) in [4.78, 5) is 34.8. The van der Waals surface area contributed by atoms with Gasteiger partial charge in [0.25, 0.3) is 0 Å². The number of hydrogen-bond donors (Lipinski definition) is 3. The van der Waals surface area contributed by atoms with Gasteiger partial charge in [0.15, 0.2) is 5.78 Å². The maximum Gasteiger partial charge on any atom is 0.310 e. The highest BCUT2D eigenvalue weighted by molar-refractivity contribution is 5.97. The third-order valence-corrected chi connectivity index (χ3v) is 7.44. The molecule has 3 N–H and O–H groups in total. The van der Waals surface area contributed by atoms with E-state index in [4.69, 9.17) is 9.47 Å². The fourth-order valence-corrected chi connectivity index (χ4v) is 4.83. The zero-order valence-corrected chi connectivity index (χ0v) is 28.0. The van der Waals surface area contributed by atoms with Crippen molar-refractivity contribution in [3.63, 3.8) is 0 Å². The molecule has 0 radical (unpaired) electrons. The van der Waals surface area contributed by atoms with Gasteiger partial charge in [-0.1, -0.05) is 109 Å². The van der Waals surface area contributed by atoms with Gasteiger partial charge >= 0.3 is 11.9 Å². The molecule has 48 heavy (non-hydrogen) atoms. The number of aliphatic hydroxyl groups excluding tert-OH is 1. The summed E-state index contributed by atoms with van der Waals surface area (Å²) >= 11 is 0. The average molecular weight is 653 g/mol. The number of rotatable bonds is 18. The quantitative estimate of drug-likeness (QED) is 0.0738. The molecule has 4 aromatic rings. The minimum Gasteiger partial charge on any atom is -0.466 e. The number of Topliss-reactive ketones (excluding diaryl/α,β-unsaturated/α-hetero) is 1. The van der Waals surface area contributed by atoms with Crippen LogP contribution in [0.25, 0.3) is 0 Å². The molecule has 0 aliphatic heterocycles. The Kier molecular flexibility index (Phi) is 17.4. The minimum atomic E-state index is -0.558. The van der Waals surface area contributed by atoms with Crippen molar-refractivity contribution in [2.45, 2.75) is 45.6 Å². The van der Waals surface area contributed by atoms with Gasteiger partial charge < -0.3 is 25.2 Å². The normalized spacial score (nSPS) is 11.1. The third kappa shape index (κ3) is 14.9. The van der Waals surface area contributed by atoms with Crippen molar-refractivity contribution >= 4 is 17.7 Å². The molecule has 1 unspecified atom stereocenters. The van der Waals surface area contributed by atoms with Crippen LogP contribution in [-0.2, 0) is 44.7 Å². The van der Waals surface area contributed by atoms with Crippen LogP contribution in [0, 0.1) is 0 Å². The van der Waals surface area contributed by atoms with E-state index in [1.165, 1.54) is 11.1 Å². The van der Waals surface area contributed by atoms with E-state index in [9.17, 15) is 19.5 Å². The zero-order chi connectivity index (χ0) is 34.4. The van der Waals surface area contributed by atoms with E-state index in [0.717, 1.165) is 48.2 Å². The second-order valence-electron chi connectivity index (χ2n) is 11.2. The van der Waals surface area contributed by atoms with Crippen molar-refractivity contribution in [2.24, 2.45) is 0 Å². The first-order valence-corrected chi connectivity index (χ1v) is 16.6. The van der Waals surface area contributed by atoms with Gasteiger partial charge in [0.1, 0.15) is 0 Å². The molecule has 0 heterocycles. The number of nitrogens with one attached hydrogen (secondary N) is 2. The maximum atomic E-state index is 12.0. The van der Waals surface area contributed by atoms with E-state index in [0.29, 0.717) is 32.7 Å². The number of benzene rings is 4. The van der Waals surface area contributed by atoms with Crippen molar-refractivity contribution in [1.29, 1.82) is 0 Å². The molecule has 0 spiro atoms. The fraction of sp³-hybridized carbons (Fsp3) is 0.325. The number of ether oxygens (including phenoxy) is 2. The smallest absolute Gasteiger partial charge is 0.310 e. The Balaban J connectivity index is 0.000000260. The Morgan fingerprint density at radius 2 is 1.06 bits per heavy atom. The van der Waals surface area contributed by atoms with Crippen LogP contribution in [0.5, 0.6) is 0 Å². The molecule has 4 aromatic carbocycles. The van der Waals surface area contributed by atoms with Crippen LogP contribution < -0.4 is 10.6 Å². The Bertz CT molecular complexity index is 1490. The number of hydrogen-bond acceptors (Lipinski definition) is 8. The summed E-state index contributed by atoms with van der Waals surface area (Å²) in [5.74, 6) is -0.333. The zero-order valence-electron chi connectivity index (χ0n) is 28.0. The van der Waals surface area contributed by atoms with E-state index in [1.54, 1.807) is 13.8 Å². The molecule has 0 bridgehead atoms. The summed E-state index contributed by atoms with van der Waals surface area (Å²) in [6.45, 7) is 6.79. The van der Waals surface area contributed by atoms with Crippen molar-refractivity contribution < 1.29 is 29.0 Å². The summed E-state index contributed by atoms with van der Waals surface area (Å²) in [6, 6.07) is 34.9. The Labute approximate surface area is 284 Å². The van der Waals surface area contributed by atoms with Gasteiger partial charge in [-0.3, -0.25) is 14.4 Å². The summed E-state index contributed by atoms with van der Waals surface area (Å²) in [6.07, 6.45) is 1.78. The van der Waals surface area contributed by atoms with Gasteiger partial charge in [-0.2, -0.15) is 0 Å². The van der Waals surface area contributed by atoms with Crippen LogP contribution >= 0.6 is 0 Å². The number of carbonyl (C=O) groups excluding carboxylic acids is 3. The van der Waals surface area contributed by atoms with Gasteiger partial charge in [0, 0.05) is 12.1 Å². The molecule has 0 aromatic heterocycles. The van der Waals surface area contributed by atoms with Crippen LogP contribution in [0.3, 0.4) is 0 Å². The highest BCUT2D eigenvalue weighted by atomic mass is 16.5. The minimum absolute atomic E-state index is 0.0976. The average Bonchev–Trinajstić information content (AvgIpc) is 3.11. The standard InChI is InChI=1S/C20H23NO3.C20H25NO3/c1-2-24-20(23)14-17-10-8-16(9-11-17)12-13-21-15-19(22)18-6-4-3-5-7-18;1-2-24-20(23)14-17-8-10-18(11-9-17)19(22)15-21-13-12-16-6-4-3-5-7-16/h3-11,21H,2,12-15H2,1H3;3-11,19,21-22H,2,12-15H2,1H3. The molecule has 0 saturated carbocycles. The molecular weight excluding hydrogens is 604 g/mol. The van der Waals surface area contributed by atoms with Gasteiger partial charge in [-0.15, -0.1) is 0 Å². The van der Waals surface area contributed by atoms with Crippen molar-refractivity contribution in [3.8, 4) is 0 Å². The lowest BCUT2D eigenvalue weighted by molar-refractivity contribution is -0.143. The lowest BCUT2D eigenvalue weighted by atomic mass is 10.1. The van der Waals surface area contributed by atoms with Crippen molar-refractivity contribution in [2.75, 3.05) is 39.4 Å². The van der Waals surface area contributed by atoms with Gasteiger partial charge in [0.05, 0.1) is 38.7 Å². The summed E-state index contributed by atoms with van der Waals surface area (Å²) in [5.41, 5.74) is 5.86. The molecular formula is C40H48N2O6. The lowest BCUT2D eigenvalue weighted by Gasteiger charge is -2.13. The van der Waals surface area contributed by atoms with Gasteiger partial charge in [0.2, 0.25) is 0 Å². The van der Waals surface area contributed by atoms with E-state index >= 15 is 0 Å². The van der Waals surface area contributed by atoms with E-state index in [1.807, 2.05) is 97.1 Å².